The SMILES string of the molecule is Cc1nc(-c2ccc(NC(=O)c3cc(Cl)ccc3O)c(Cl)c2)no1. The third-order valence-electron chi connectivity index (χ3n) is 3.21. The van der Waals surface area contributed by atoms with Crippen molar-refractivity contribution in [1.29, 1.82) is 0 Å². The van der Waals surface area contributed by atoms with Crippen molar-refractivity contribution in [2.24, 2.45) is 0 Å². The number of carbonyl (C=O) groups is 1. The van der Waals surface area contributed by atoms with Gasteiger partial charge in [0.25, 0.3) is 5.91 Å². The van der Waals surface area contributed by atoms with Gasteiger partial charge in [-0.3, -0.25) is 4.79 Å². The molecule has 0 unspecified atom stereocenters. The number of carbonyl (C=O) groups excluding carboxylic acids is 1. The molecule has 3 rings (SSSR count). The Kier molecular flexibility index (Phi) is 4.42. The lowest BCUT2D eigenvalue weighted by Crippen LogP contribution is -2.12. The van der Waals surface area contributed by atoms with Crippen LogP contribution in [0, 0.1) is 6.92 Å². The molecule has 0 radical (unpaired) electrons. The molecule has 0 spiro atoms. The summed E-state index contributed by atoms with van der Waals surface area (Å²) in [7, 11) is 0. The maximum absolute atomic E-state index is 12.3. The van der Waals surface area contributed by atoms with Crippen LogP contribution >= 0.6 is 23.2 Å². The van der Waals surface area contributed by atoms with Gasteiger partial charge >= 0.3 is 0 Å². The molecular weight excluding hydrogens is 353 g/mol. The van der Waals surface area contributed by atoms with Crippen LogP contribution in [0.4, 0.5) is 5.69 Å². The number of anilines is 1. The van der Waals surface area contributed by atoms with Crippen LogP contribution in [0.5, 0.6) is 5.75 Å². The average molecular weight is 364 g/mol. The Morgan fingerprint density at radius 2 is 2.00 bits per heavy atom. The number of phenolic OH excluding ortho intramolecular Hbond substituents is 1. The summed E-state index contributed by atoms with van der Waals surface area (Å²) in [5.74, 6) is 0.140. The van der Waals surface area contributed by atoms with Gasteiger partial charge in [0.2, 0.25) is 11.7 Å². The molecule has 24 heavy (non-hydrogen) atoms. The summed E-state index contributed by atoms with van der Waals surface area (Å²) >= 11 is 12.0. The van der Waals surface area contributed by atoms with E-state index in [0.29, 0.717) is 33.0 Å². The van der Waals surface area contributed by atoms with Crippen LogP contribution in [-0.2, 0) is 0 Å². The number of nitrogens with one attached hydrogen (secondary N) is 1. The molecule has 2 aromatic carbocycles. The van der Waals surface area contributed by atoms with E-state index in [1.165, 1.54) is 18.2 Å². The van der Waals surface area contributed by atoms with Crippen molar-refractivity contribution >= 4 is 34.8 Å². The zero-order valence-electron chi connectivity index (χ0n) is 12.4. The largest absolute Gasteiger partial charge is 0.507 e. The Hall–Kier alpha value is -2.57. The lowest BCUT2D eigenvalue weighted by Gasteiger charge is -2.09. The zero-order valence-corrected chi connectivity index (χ0v) is 13.9. The molecule has 0 saturated carbocycles. The van der Waals surface area contributed by atoms with Crippen molar-refractivity contribution in [3.63, 3.8) is 0 Å². The fourth-order valence-corrected chi connectivity index (χ4v) is 2.45. The predicted octanol–water partition coefficient (Wildman–Crippen LogP) is 4.31. The molecule has 0 aliphatic heterocycles. The minimum Gasteiger partial charge on any atom is -0.507 e. The van der Waals surface area contributed by atoms with Crippen molar-refractivity contribution < 1.29 is 14.4 Å². The standard InChI is InChI=1S/C16H11Cl2N3O3/c1-8-19-15(21-24-8)9-2-4-13(12(18)6-9)20-16(23)11-7-10(17)3-5-14(11)22/h2-7,22H,1H3,(H,20,23). The normalized spacial score (nSPS) is 10.6. The number of nitrogens with zero attached hydrogens (tertiary/aromatic N) is 2. The van der Waals surface area contributed by atoms with Crippen LogP contribution in [-0.4, -0.2) is 21.2 Å². The quantitative estimate of drug-likeness (QED) is 0.723. The lowest BCUT2D eigenvalue weighted by atomic mass is 10.1. The number of hydrogen-bond donors (Lipinski definition) is 2. The highest BCUT2D eigenvalue weighted by Crippen LogP contribution is 2.29. The lowest BCUT2D eigenvalue weighted by molar-refractivity contribution is 0.102. The van der Waals surface area contributed by atoms with Crippen LogP contribution in [0.3, 0.4) is 0 Å². The fraction of sp³-hybridized carbons (Fsp3) is 0.0625. The summed E-state index contributed by atoms with van der Waals surface area (Å²) in [6, 6.07) is 9.13. The van der Waals surface area contributed by atoms with Gasteiger partial charge in [0.1, 0.15) is 5.75 Å². The highest BCUT2D eigenvalue weighted by atomic mass is 35.5. The highest BCUT2D eigenvalue weighted by Gasteiger charge is 2.15. The molecule has 0 bridgehead atoms. The first-order valence-corrected chi connectivity index (χ1v) is 7.60. The first kappa shape index (κ1) is 16.3. The maximum Gasteiger partial charge on any atom is 0.259 e. The Bertz CT molecular complexity index is 925. The van der Waals surface area contributed by atoms with Gasteiger partial charge in [-0.25, -0.2) is 0 Å². The Balaban J connectivity index is 1.85. The van der Waals surface area contributed by atoms with Gasteiger partial charge in [0.05, 0.1) is 16.3 Å². The smallest absolute Gasteiger partial charge is 0.259 e. The van der Waals surface area contributed by atoms with Crippen LogP contribution in [0.25, 0.3) is 11.4 Å². The maximum atomic E-state index is 12.3. The molecule has 3 aromatic rings. The van der Waals surface area contributed by atoms with Crippen molar-refractivity contribution in [2.75, 3.05) is 5.32 Å². The van der Waals surface area contributed by atoms with E-state index in [1.54, 1.807) is 25.1 Å². The monoisotopic (exact) mass is 363 g/mol. The minimum atomic E-state index is -0.528. The summed E-state index contributed by atoms with van der Waals surface area (Å²) in [4.78, 5) is 16.4. The van der Waals surface area contributed by atoms with Gasteiger partial charge in [-0.1, -0.05) is 28.4 Å². The second kappa shape index (κ2) is 6.51. The number of benzene rings is 2. The van der Waals surface area contributed by atoms with Crippen LogP contribution in [0.1, 0.15) is 16.2 Å². The summed E-state index contributed by atoms with van der Waals surface area (Å²) in [5, 5.41) is 16.8. The van der Waals surface area contributed by atoms with E-state index in [4.69, 9.17) is 27.7 Å². The summed E-state index contributed by atoms with van der Waals surface area (Å²) in [6.45, 7) is 1.68. The molecule has 6 nitrogen and oxygen atoms in total. The summed E-state index contributed by atoms with van der Waals surface area (Å²) < 4.78 is 4.92. The third kappa shape index (κ3) is 3.34. The second-order valence-corrected chi connectivity index (χ2v) is 5.79. The Labute approximate surface area is 147 Å². The summed E-state index contributed by atoms with van der Waals surface area (Å²) in [6.07, 6.45) is 0. The second-order valence-electron chi connectivity index (χ2n) is 4.95. The van der Waals surface area contributed by atoms with Gasteiger partial charge in [-0.2, -0.15) is 4.98 Å². The van der Waals surface area contributed by atoms with Crippen LogP contribution in [0.15, 0.2) is 40.9 Å². The van der Waals surface area contributed by atoms with E-state index in [0.717, 1.165) is 0 Å². The number of amides is 1. The average Bonchev–Trinajstić information content (AvgIpc) is 2.98. The molecule has 0 aliphatic rings. The Morgan fingerprint density at radius 1 is 1.21 bits per heavy atom. The number of hydrogen-bond acceptors (Lipinski definition) is 5. The topological polar surface area (TPSA) is 88.2 Å². The minimum absolute atomic E-state index is 0.0523. The molecule has 0 saturated heterocycles. The van der Waals surface area contributed by atoms with Gasteiger partial charge in [-0.05, 0) is 36.4 Å². The number of phenols is 1. The van der Waals surface area contributed by atoms with Crippen LogP contribution < -0.4 is 5.32 Å². The first-order valence-electron chi connectivity index (χ1n) is 6.84. The van der Waals surface area contributed by atoms with Crippen molar-refractivity contribution in [3.05, 3.63) is 57.9 Å². The number of aromatic nitrogens is 2. The predicted molar refractivity (Wildman–Crippen MR) is 90.6 cm³/mol. The van der Waals surface area contributed by atoms with Gasteiger partial charge < -0.3 is 14.9 Å². The van der Waals surface area contributed by atoms with Crippen molar-refractivity contribution in [3.8, 4) is 17.1 Å². The number of aryl methyl sites for hydroxylation is 1. The van der Waals surface area contributed by atoms with E-state index in [2.05, 4.69) is 15.5 Å². The van der Waals surface area contributed by atoms with E-state index >= 15 is 0 Å². The van der Waals surface area contributed by atoms with Gasteiger partial charge in [0.15, 0.2) is 0 Å². The number of rotatable bonds is 3. The molecule has 1 heterocycles. The van der Waals surface area contributed by atoms with Crippen molar-refractivity contribution in [2.45, 2.75) is 6.92 Å². The molecule has 1 amide bonds. The number of halogens is 2. The molecule has 0 fully saturated rings. The Morgan fingerprint density at radius 3 is 2.67 bits per heavy atom. The van der Waals surface area contributed by atoms with Gasteiger partial charge in [-0.15, -0.1) is 0 Å². The van der Waals surface area contributed by atoms with Gasteiger partial charge in [0, 0.05) is 17.5 Å². The first-order chi connectivity index (χ1) is 11.4. The molecule has 2 N–H and O–H groups in total. The van der Waals surface area contributed by atoms with E-state index in [1.807, 2.05) is 0 Å². The highest BCUT2D eigenvalue weighted by molar-refractivity contribution is 6.34. The number of aromatic hydroxyl groups is 1. The van der Waals surface area contributed by atoms with E-state index in [9.17, 15) is 9.90 Å². The zero-order chi connectivity index (χ0) is 17.3. The van der Waals surface area contributed by atoms with E-state index < -0.39 is 5.91 Å². The van der Waals surface area contributed by atoms with Crippen molar-refractivity contribution in [1.82, 2.24) is 10.1 Å². The van der Waals surface area contributed by atoms with Crippen LogP contribution in [0.2, 0.25) is 10.0 Å². The molecule has 0 aliphatic carbocycles. The molecule has 0 atom stereocenters. The molecule has 8 heteroatoms. The molecule has 1 aromatic heterocycles. The summed E-state index contributed by atoms with van der Waals surface area (Å²) in [5.41, 5.74) is 1.09. The molecule has 122 valence electrons. The van der Waals surface area contributed by atoms with E-state index in [-0.39, 0.29) is 11.3 Å². The third-order valence-corrected chi connectivity index (χ3v) is 3.75. The molecular formula is C16H11Cl2N3O3. The fourth-order valence-electron chi connectivity index (χ4n) is 2.05.